The third-order valence-electron chi connectivity index (χ3n) is 2.48. The Morgan fingerprint density at radius 2 is 2.05 bits per heavy atom. The fourth-order valence-corrected chi connectivity index (χ4v) is 1.38. The van der Waals surface area contributed by atoms with E-state index in [1.807, 2.05) is 0 Å². The number of oxime groups is 1. The maximum atomic E-state index is 12.4. The summed E-state index contributed by atoms with van der Waals surface area (Å²) >= 11 is 0. The van der Waals surface area contributed by atoms with Crippen molar-refractivity contribution < 1.29 is 27.3 Å². The first-order valence-corrected chi connectivity index (χ1v) is 6.14. The molecule has 6 nitrogen and oxygen atoms in total. The number of rotatable bonds is 4. The molecule has 0 atom stereocenters. The number of carbonyl (C=O) groups excluding carboxylic acids is 1. The van der Waals surface area contributed by atoms with Gasteiger partial charge in [-0.1, -0.05) is 41.5 Å². The molecule has 116 valence electrons. The van der Waals surface area contributed by atoms with Crippen molar-refractivity contribution in [3.05, 3.63) is 35.7 Å². The zero-order chi connectivity index (χ0) is 16.2. The molecule has 2 aromatic rings. The summed E-state index contributed by atoms with van der Waals surface area (Å²) in [6.45, 7) is 1.63. The standard InChI is InChI=1S/C13H10F3N3O3/c1-2-10(20)21-17-7-8-3-5-9(6-4-8)11-18-12(22-19-11)13(14,15)16/h3-7H,2H2,1H3. The van der Waals surface area contributed by atoms with Gasteiger partial charge in [-0.2, -0.15) is 18.2 Å². The summed E-state index contributed by atoms with van der Waals surface area (Å²) in [4.78, 5) is 18.7. The van der Waals surface area contributed by atoms with Crippen molar-refractivity contribution in [3.63, 3.8) is 0 Å². The Hall–Kier alpha value is -2.71. The molecule has 0 N–H and O–H groups in total. The fraction of sp³-hybridized carbons (Fsp3) is 0.231. The van der Waals surface area contributed by atoms with Gasteiger partial charge in [-0.25, -0.2) is 4.79 Å². The van der Waals surface area contributed by atoms with Gasteiger partial charge >= 0.3 is 18.0 Å². The molecule has 0 amide bonds. The molecule has 0 spiro atoms. The van der Waals surface area contributed by atoms with Gasteiger partial charge in [0.1, 0.15) is 0 Å². The fourth-order valence-electron chi connectivity index (χ4n) is 1.38. The van der Waals surface area contributed by atoms with E-state index in [0.717, 1.165) is 0 Å². The van der Waals surface area contributed by atoms with E-state index in [4.69, 9.17) is 0 Å². The number of hydrogen-bond donors (Lipinski definition) is 0. The quantitative estimate of drug-likeness (QED) is 0.492. The van der Waals surface area contributed by atoms with Crippen molar-refractivity contribution in [3.8, 4) is 11.4 Å². The van der Waals surface area contributed by atoms with Crippen LogP contribution in [-0.4, -0.2) is 22.3 Å². The lowest BCUT2D eigenvalue weighted by Gasteiger charge is -1.97. The molecule has 0 bridgehead atoms. The summed E-state index contributed by atoms with van der Waals surface area (Å²) < 4.78 is 41.2. The average Bonchev–Trinajstić information content (AvgIpc) is 2.97. The number of hydrogen-bond acceptors (Lipinski definition) is 6. The maximum Gasteiger partial charge on any atom is 0.471 e. The zero-order valence-electron chi connectivity index (χ0n) is 11.3. The summed E-state index contributed by atoms with van der Waals surface area (Å²) in [6.07, 6.45) is -3.18. The number of halogens is 3. The topological polar surface area (TPSA) is 77.6 Å². The average molecular weight is 313 g/mol. The molecule has 1 heterocycles. The lowest BCUT2D eigenvalue weighted by Crippen LogP contribution is -2.04. The van der Waals surface area contributed by atoms with Crippen molar-refractivity contribution in [1.29, 1.82) is 0 Å². The number of alkyl halides is 3. The highest BCUT2D eigenvalue weighted by molar-refractivity contribution is 5.81. The molecule has 0 radical (unpaired) electrons. The molecule has 0 saturated heterocycles. The van der Waals surface area contributed by atoms with Crippen molar-refractivity contribution >= 4 is 12.2 Å². The van der Waals surface area contributed by atoms with Crippen LogP contribution in [0.25, 0.3) is 11.4 Å². The van der Waals surface area contributed by atoms with Crippen LogP contribution in [0.5, 0.6) is 0 Å². The largest absolute Gasteiger partial charge is 0.471 e. The molecule has 0 unspecified atom stereocenters. The number of benzene rings is 1. The Kier molecular flexibility index (Phi) is 4.54. The van der Waals surface area contributed by atoms with Gasteiger partial charge in [0.25, 0.3) is 0 Å². The van der Waals surface area contributed by atoms with E-state index >= 15 is 0 Å². The summed E-state index contributed by atoms with van der Waals surface area (Å²) in [7, 11) is 0. The smallest absolute Gasteiger partial charge is 0.329 e. The number of carbonyl (C=O) groups is 1. The zero-order valence-corrected chi connectivity index (χ0v) is 11.3. The van der Waals surface area contributed by atoms with Gasteiger partial charge < -0.3 is 9.36 Å². The lowest BCUT2D eigenvalue weighted by molar-refractivity contribution is -0.159. The molecule has 0 aliphatic heterocycles. The van der Waals surface area contributed by atoms with Gasteiger partial charge in [0.05, 0.1) is 6.21 Å². The second-order valence-corrected chi connectivity index (χ2v) is 4.09. The summed E-state index contributed by atoms with van der Waals surface area (Å²) in [5, 5.41) is 6.75. The van der Waals surface area contributed by atoms with E-state index in [1.165, 1.54) is 18.3 Å². The minimum atomic E-state index is -4.68. The highest BCUT2D eigenvalue weighted by atomic mass is 19.4. The molecule has 0 aliphatic carbocycles. The van der Waals surface area contributed by atoms with E-state index in [-0.39, 0.29) is 12.2 Å². The second kappa shape index (κ2) is 6.37. The van der Waals surface area contributed by atoms with Crippen LogP contribution in [0.15, 0.2) is 33.9 Å². The van der Waals surface area contributed by atoms with E-state index in [1.54, 1.807) is 19.1 Å². The third-order valence-corrected chi connectivity index (χ3v) is 2.48. The highest BCUT2D eigenvalue weighted by Gasteiger charge is 2.38. The molecule has 9 heteroatoms. The molecule has 1 aromatic heterocycles. The normalized spacial score (nSPS) is 11.8. The molecule has 0 saturated carbocycles. The summed E-state index contributed by atoms with van der Waals surface area (Å²) in [6, 6.07) is 6.10. The highest BCUT2D eigenvalue weighted by Crippen LogP contribution is 2.29. The van der Waals surface area contributed by atoms with Crippen molar-refractivity contribution in [1.82, 2.24) is 10.1 Å². The van der Waals surface area contributed by atoms with Gasteiger partial charge in [-0.05, 0) is 5.56 Å². The Bertz CT molecular complexity index is 678. The molecule has 0 aliphatic rings. The third kappa shape index (κ3) is 3.90. The van der Waals surface area contributed by atoms with Gasteiger partial charge in [-0.15, -0.1) is 0 Å². The Morgan fingerprint density at radius 1 is 1.36 bits per heavy atom. The van der Waals surface area contributed by atoms with Crippen molar-refractivity contribution in [2.45, 2.75) is 19.5 Å². The van der Waals surface area contributed by atoms with Crippen molar-refractivity contribution in [2.24, 2.45) is 5.16 Å². The first kappa shape index (κ1) is 15.7. The van der Waals surface area contributed by atoms with Crippen LogP contribution in [0.3, 0.4) is 0 Å². The SMILES string of the molecule is CCC(=O)ON=Cc1ccc(-c2noc(C(F)(F)F)n2)cc1. The van der Waals surface area contributed by atoms with E-state index < -0.39 is 18.0 Å². The first-order valence-electron chi connectivity index (χ1n) is 6.14. The molecule has 1 aromatic carbocycles. The van der Waals surface area contributed by atoms with Crippen LogP contribution >= 0.6 is 0 Å². The first-order chi connectivity index (χ1) is 10.4. The van der Waals surface area contributed by atoms with Crippen LogP contribution in [0.1, 0.15) is 24.8 Å². The Balaban J connectivity index is 2.09. The predicted molar refractivity (Wildman–Crippen MR) is 68.7 cm³/mol. The number of nitrogens with zero attached hydrogens (tertiary/aromatic N) is 3. The van der Waals surface area contributed by atoms with Crippen LogP contribution in [-0.2, 0) is 15.8 Å². The second-order valence-electron chi connectivity index (χ2n) is 4.09. The lowest BCUT2D eigenvalue weighted by atomic mass is 10.1. The van der Waals surface area contributed by atoms with E-state index in [9.17, 15) is 18.0 Å². The van der Waals surface area contributed by atoms with E-state index in [2.05, 4.69) is 24.7 Å². The van der Waals surface area contributed by atoms with Crippen molar-refractivity contribution in [2.75, 3.05) is 0 Å². The monoisotopic (exact) mass is 313 g/mol. The minimum Gasteiger partial charge on any atom is -0.329 e. The maximum absolute atomic E-state index is 12.4. The Labute approximate surface area is 122 Å². The predicted octanol–water partition coefficient (Wildman–Crippen LogP) is 3.04. The molecule has 0 fully saturated rings. The molecule has 2 rings (SSSR count). The number of aromatic nitrogens is 2. The van der Waals surface area contributed by atoms with Gasteiger partial charge in [0.2, 0.25) is 5.82 Å². The van der Waals surface area contributed by atoms with Crippen LogP contribution < -0.4 is 0 Å². The minimum absolute atomic E-state index is 0.173. The van der Waals surface area contributed by atoms with Crippen LogP contribution in [0.2, 0.25) is 0 Å². The van der Waals surface area contributed by atoms with E-state index in [0.29, 0.717) is 11.1 Å². The molecular formula is C13H10F3N3O3. The molecular weight excluding hydrogens is 303 g/mol. The summed E-state index contributed by atoms with van der Waals surface area (Å²) in [5.41, 5.74) is 0.939. The Morgan fingerprint density at radius 3 is 2.59 bits per heavy atom. The van der Waals surface area contributed by atoms with Crippen LogP contribution in [0.4, 0.5) is 13.2 Å². The van der Waals surface area contributed by atoms with Gasteiger partial charge in [-0.3, -0.25) is 0 Å². The molecule has 22 heavy (non-hydrogen) atoms. The van der Waals surface area contributed by atoms with Crippen LogP contribution in [0, 0.1) is 0 Å². The van der Waals surface area contributed by atoms with Gasteiger partial charge in [0, 0.05) is 12.0 Å². The summed E-state index contributed by atoms with van der Waals surface area (Å²) in [5.74, 6) is -2.05. The van der Waals surface area contributed by atoms with Gasteiger partial charge in [0.15, 0.2) is 0 Å².